The lowest BCUT2D eigenvalue weighted by molar-refractivity contribution is 0.0594. The van der Waals surface area contributed by atoms with Crippen molar-refractivity contribution in [3.05, 3.63) is 39.3 Å². The maximum atomic E-state index is 11.5. The highest BCUT2D eigenvalue weighted by atomic mass is 79.9. The highest BCUT2D eigenvalue weighted by Crippen LogP contribution is 2.36. The van der Waals surface area contributed by atoms with Crippen molar-refractivity contribution in [1.82, 2.24) is 4.98 Å². The van der Waals surface area contributed by atoms with Crippen molar-refractivity contribution in [1.29, 1.82) is 0 Å². The molecule has 2 aromatic rings. The van der Waals surface area contributed by atoms with E-state index in [4.69, 9.17) is 11.3 Å². The smallest absolute Gasteiger partial charge is 0.354 e. The van der Waals surface area contributed by atoms with E-state index in [-0.39, 0.29) is 0 Å². The minimum absolute atomic E-state index is 0.407. The summed E-state index contributed by atoms with van der Waals surface area (Å²) in [4.78, 5) is 17.9. The first-order valence-electron chi connectivity index (χ1n) is 4.86. The Morgan fingerprint density at radius 1 is 1.53 bits per heavy atom. The third-order valence-corrected chi connectivity index (χ3v) is 3.44. The van der Waals surface area contributed by atoms with E-state index in [0.29, 0.717) is 15.9 Å². The Morgan fingerprint density at radius 2 is 2.24 bits per heavy atom. The number of hydrogen-bond acceptors (Lipinski definition) is 2. The molecule has 4 nitrogen and oxygen atoms in total. The van der Waals surface area contributed by atoms with Gasteiger partial charge in [-0.25, -0.2) is 9.64 Å². The lowest BCUT2D eigenvalue weighted by Crippen LogP contribution is -2.02. The molecule has 0 aliphatic heterocycles. The van der Waals surface area contributed by atoms with E-state index in [9.17, 15) is 4.79 Å². The zero-order valence-electron chi connectivity index (χ0n) is 9.30. The molecule has 0 bridgehead atoms. The van der Waals surface area contributed by atoms with Crippen molar-refractivity contribution < 1.29 is 9.53 Å². The molecule has 0 aliphatic carbocycles. The van der Waals surface area contributed by atoms with E-state index >= 15 is 0 Å². The maximum absolute atomic E-state index is 11.5. The number of hydrogen-bond donors (Lipinski definition) is 1. The largest absolute Gasteiger partial charge is 0.464 e. The fraction of sp³-hybridized carbons (Fsp3) is 0.167. The summed E-state index contributed by atoms with van der Waals surface area (Å²) in [6.07, 6.45) is 0. The number of methoxy groups -OCH3 is 1. The van der Waals surface area contributed by atoms with Gasteiger partial charge in [0.15, 0.2) is 0 Å². The average Bonchev–Trinajstić information content (AvgIpc) is 2.67. The Morgan fingerprint density at radius 3 is 2.82 bits per heavy atom. The van der Waals surface area contributed by atoms with E-state index < -0.39 is 5.97 Å². The van der Waals surface area contributed by atoms with Crippen molar-refractivity contribution in [2.75, 3.05) is 7.11 Å². The highest BCUT2D eigenvalue weighted by molar-refractivity contribution is 9.10. The van der Waals surface area contributed by atoms with E-state index in [1.54, 1.807) is 12.1 Å². The van der Waals surface area contributed by atoms with Crippen LogP contribution in [0.2, 0.25) is 0 Å². The Balaban J connectivity index is 2.80. The quantitative estimate of drug-likeness (QED) is 0.645. The number of nitrogens with zero attached hydrogens (tertiary/aromatic N) is 1. The molecular weight excluding hydrogens is 284 g/mol. The summed E-state index contributed by atoms with van der Waals surface area (Å²) in [6.45, 7) is 8.87. The number of ether oxygens (including phenoxy) is 1. The number of halogens is 1. The summed E-state index contributed by atoms with van der Waals surface area (Å²) >= 11 is 3.39. The summed E-state index contributed by atoms with van der Waals surface area (Å²) in [7, 11) is 1.34. The number of aromatic nitrogens is 1. The van der Waals surface area contributed by atoms with Gasteiger partial charge in [-0.3, -0.25) is 0 Å². The Hall–Kier alpha value is -1.80. The number of rotatable bonds is 1. The SMILES string of the molecule is [C-]#[N+]c1ccc2[nH]c(C(=O)OC)c(C)c2c1Br. The first-order chi connectivity index (χ1) is 8.10. The Labute approximate surface area is 107 Å². The van der Waals surface area contributed by atoms with Gasteiger partial charge in [0, 0.05) is 15.4 Å². The van der Waals surface area contributed by atoms with Crippen LogP contribution in [-0.2, 0) is 4.74 Å². The van der Waals surface area contributed by atoms with Gasteiger partial charge in [0.1, 0.15) is 5.69 Å². The highest BCUT2D eigenvalue weighted by Gasteiger charge is 2.17. The average molecular weight is 293 g/mol. The monoisotopic (exact) mass is 292 g/mol. The minimum atomic E-state index is -0.407. The molecule has 0 fully saturated rings. The number of esters is 1. The van der Waals surface area contributed by atoms with Gasteiger partial charge in [-0.05, 0) is 18.6 Å². The number of aryl methyl sites for hydroxylation is 1. The predicted octanol–water partition coefficient (Wildman–Crippen LogP) is 3.58. The zero-order valence-corrected chi connectivity index (χ0v) is 10.9. The molecule has 0 amide bonds. The second kappa shape index (κ2) is 4.22. The molecule has 0 spiro atoms. The molecule has 0 saturated carbocycles. The van der Waals surface area contributed by atoms with Crippen LogP contribution in [0.5, 0.6) is 0 Å². The molecule has 1 N–H and O–H groups in total. The molecule has 2 rings (SSSR count). The fourth-order valence-corrected chi connectivity index (χ4v) is 2.51. The van der Waals surface area contributed by atoms with Crippen LogP contribution < -0.4 is 0 Å². The molecule has 0 saturated heterocycles. The van der Waals surface area contributed by atoms with E-state index in [0.717, 1.165) is 16.5 Å². The van der Waals surface area contributed by atoms with Gasteiger partial charge in [-0.1, -0.05) is 22.0 Å². The summed E-state index contributed by atoms with van der Waals surface area (Å²) in [5.74, 6) is -0.407. The van der Waals surface area contributed by atoms with Crippen LogP contribution in [0.4, 0.5) is 5.69 Å². The Bertz CT molecular complexity index is 653. The normalized spacial score (nSPS) is 10.2. The topological polar surface area (TPSA) is 46.5 Å². The van der Waals surface area contributed by atoms with Crippen molar-refractivity contribution in [2.45, 2.75) is 6.92 Å². The summed E-state index contributed by atoms with van der Waals surface area (Å²) in [5.41, 5.74) is 2.53. The van der Waals surface area contributed by atoms with Gasteiger partial charge >= 0.3 is 5.97 Å². The molecule has 0 aliphatic rings. The number of H-pyrrole nitrogens is 1. The van der Waals surface area contributed by atoms with Crippen LogP contribution >= 0.6 is 15.9 Å². The first-order valence-corrected chi connectivity index (χ1v) is 5.66. The van der Waals surface area contributed by atoms with Crippen LogP contribution in [0, 0.1) is 13.5 Å². The van der Waals surface area contributed by atoms with Gasteiger partial charge < -0.3 is 9.72 Å². The van der Waals surface area contributed by atoms with Crippen molar-refractivity contribution in [2.24, 2.45) is 0 Å². The maximum Gasteiger partial charge on any atom is 0.354 e. The molecule has 17 heavy (non-hydrogen) atoms. The summed E-state index contributed by atoms with van der Waals surface area (Å²) in [6, 6.07) is 3.49. The van der Waals surface area contributed by atoms with Crippen LogP contribution in [0.1, 0.15) is 16.1 Å². The van der Waals surface area contributed by atoms with Crippen LogP contribution in [0.15, 0.2) is 16.6 Å². The second-order valence-corrected chi connectivity index (χ2v) is 4.34. The Kier molecular flexibility index (Phi) is 2.90. The van der Waals surface area contributed by atoms with Gasteiger partial charge in [0.25, 0.3) is 0 Å². The summed E-state index contributed by atoms with van der Waals surface area (Å²) in [5, 5.41) is 0.846. The van der Waals surface area contributed by atoms with E-state index in [1.165, 1.54) is 7.11 Å². The van der Waals surface area contributed by atoms with E-state index in [1.807, 2.05) is 6.92 Å². The predicted molar refractivity (Wildman–Crippen MR) is 68.3 cm³/mol. The van der Waals surface area contributed by atoms with Gasteiger partial charge in [-0.15, -0.1) is 0 Å². The molecule has 0 unspecified atom stereocenters. The number of fused-ring (bicyclic) bond motifs is 1. The molecule has 0 atom stereocenters. The van der Waals surface area contributed by atoms with Crippen LogP contribution in [0.25, 0.3) is 15.7 Å². The van der Waals surface area contributed by atoms with Crippen LogP contribution in [-0.4, -0.2) is 18.1 Å². The van der Waals surface area contributed by atoms with Gasteiger partial charge in [0.2, 0.25) is 5.69 Å². The number of benzene rings is 1. The standard InChI is InChI=1S/C12H9BrN2O2/c1-6-9-7(15-11(6)12(16)17-3)4-5-8(14-2)10(9)13/h4-5,15H,1,3H3. The van der Waals surface area contributed by atoms with Crippen LogP contribution in [0.3, 0.4) is 0 Å². The number of nitrogens with one attached hydrogen (secondary N) is 1. The van der Waals surface area contributed by atoms with Gasteiger partial charge in [0.05, 0.1) is 13.7 Å². The minimum Gasteiger partial charge on any atom is -0.464 e. The number of carbonyl (C=O) groups excluding carboxylic acids is 1. The third-order valence-electron chi connectivity index (χ3n) is 2.64. The number of carbonyl (C=O) groups is 1. The summed E-state index contributed by atoms with van der Waals surface area (Å²) < 4.78 is 5.40. The zero-order chi connectivity index (χ0) is 12.6. The van der Waals surface area contributed by atoms with Crippen molar-refractivity contribution in [3.63, 3.8) is 0 Å². The van der Waals surface area contributed by atoms with Crippen molar-refractivity contribution in [3.8, 4) is 0 Å². The molecular formula is C12H9BrN2O2. The molecule has 1 aromatic carbocycles. The van der Waals surface area contributed by atoms with Crippen molar-refractivity contribution >= 4 is 38.5 Å². The molecule has 86 valence electrons. The van der Waals surface area contributed by atoms with Gasteiger partial charge in [-0.2, -0.15) is 0 Å². The lowest BCUT2D eigenvalue weighted by atomic mass is 10.1. The second-order valence-electron chi connectivity index (χ2n) is 3.55. The lowest BCUT2D eigenvalue weighted by Gasteiger charge is -1.99. The molecule has 5 heteroatoms. The number of aromatic amines is 1. The first kappa shape index (κ1) is 11.7. The molecule has 1 aromatic heterocycles. The molecule has 1 heterocycles. The fourth-order valence-electron chi connectivity index (χ4n) is 1.78. The third kappa shape index (κ3) is 1.71. The molecule has 0 radical (unpaired) electrons. The van der Waals surface area contributed by atoms with E-state index in [2.05, 4.69) is 25.8 Å².